The Morgan fingerprint density at radius 2 is 1.56 bits per heavy atom. The Hall–Kier alpha value is -3.15. The van der Waals surface area contributed by atoms with E-state index < -0.39 is 42.5 Å². The lowest BCUT2D eigenvalue weighted by atomic mass is 10.0. The molecule has 0 bridgehead atoms. The van der Waals surface area contributed by atoms with Crippen molar-refractivity contribution in [3.63, 3.8) is 0 Å². The van der Waals surface area contributed by atoms with E-state index in [2.05, 4.69) is 33.9 Å². The number of fused-ring (bicyclic) bond motifs is 1. The maximum absolute atomic E-state index is 12.8. The first kappa shape index (κ1) is 29.1. The summed E-state index contributed by atoms with van der Waals surface area (Å²) >= 11 is 4.14. The number of rotatable bonds is 14. The fourth-order valence-electron chi connectivity index (χ4n) is 3.69. The van der Waals surface area contributed by atoms with E-state index in [1.165, 1.54) is 6.92 Å². The number of nitrogens with two attached hydrogens (primary N) is 1. The summed E-state index contributed by atoms with van der Waals surface area (Å²) in [4.78, 5) is 49.6. The quantitative estimate of drug-likeness (QED) is 0.138. The van der Waals surface area contributed by atoms with E-state index in [-0.39, 0.29) is 18.2 Å². The summed E-state index contributed by atoms with van der Waals surface area (Å²) in [5.41, 5.74) is 6.39. The monoisotopic (exact) mass is 517 g/mol. The zero-order chi connectivity index (χ0) is 26.5. The van der Waals surface area contributed by atoms with E-state index >= 15 is 0 Å². The summed E-state index contributed by atoms with van der Waals surface area (Å²) in [5.74, 6) is -2.22. The maximum Gasteiger partial charge on any atom is 0.245 e. The zero-order valence-electron chi connectivity index (χ0n) is 20.3. The van der Waals surface area contributed by atoms with Crippen molar-refractivity contribution in [2.45, 2.75) is 50.9 Å². The van der Waals surface area contributed by atoms with E-state index in [1.807, 2.05) is 42.5 Å². The van der Waals surface area contributed by atoms with Crippen LogP contribution in [0.4, 0.5) is 0 Å². The molecule has 0 aliphatic rings. The molecule has 0 aliphatic carbocycles. The third kappa shape index (κ3) is 8.81. The second kappa shape index (κ2) is 15.1. The van der Waals surface area contributed by atoms with Crippen LogP contribution < -0.4 is 27.0 Å². The predicted octanol–water partition coefficient (Wildman–Crippen LogP) is -0.0186. The van der Waals surface area contributed by atoms with Gasteiger partial charge in [0.25, 0.3) is 0 Å². The van der Waals surface area contributed by atoms with Crippen LogP contribution in [0.2, 0.25) is 0 Å². The van der Waals surface area contributed by atoms with Gasteiger partial charge in [-0.15, -0.1) is 0 Å². The number of benzene rings is 2. The number of aliphatic hydroxyl groups is 1. The highest BCUT2D eigenvalue weighted by molar-refractivity contribution is 7.80. The van der Waals surface area contributed by atoms with Crippen LogP contribution >= 0.6 is 12.6 Å². The van der Waals surface area contributed by atoms with Crippen molar-refractivity contribution < 1.29 is 24.3 Å². The number of hydrogen-bond acceptors (Lipinski definition) is 7. The Kier molecular flexibility index (Phi) is 12.2. The van der Waals surface area contributed by atoms with Gasteiger partial charge in [0, 0.05) is 19.2 Å². The molecule has 2 rings (SSSR count). The fourth-order valence-corrected chi connectivity index (χ4v) is 3.95. The minimum Gasteiger partial charge on any atom is -0.394 e. The van der Waals surface area contributed by atoms with Gasteiger partial charge in [-0.1, -0.05) is 42.5 Å². The van der Waals surface area contributed by atoms with Gasteiger partial charge >= 0.3 is 0 Å². The van der Waals surface area contributed by atoms with Crippen molar-refractivity contribution >= 4 is 47.0 Å². The molecule has 10 nitrogen and oxygen atoms in total. The minimum absolute atomic E-state index is 0.0526. The first-order valence-electron chi connectivity index (χ1n) is 11.8. The van der Waals surface area contributed by atoms with Crippen LogP contribution in [0.25, 0.3) is 10.8 Å². The number of carbonyl (C=O) groups excluding carboxylic acids is 4. The van der Waals surface area contributed by atoms with Gasteiger partial charge in [-0.05, 0) is 42.1 Å². The van der Waals surface area contributed by atoms with Gasteiger partial charge in [0.2, 0.25) is 23.6 Å². The average Bonchev–Trinajstić information content (AvgIpc) is 2.87. The van der Waals surface area contributed by atoms with E-state index in [0.29, 0.717) is 25.8 Å². The summed E-state index contributed by atoms with van der Waals surface area (Å²) in [6.45, 7) is 1.34. The molecule has 11 heteroatoms. The molecule has 0 radical (unpaired) electrons. The molecule has 2 aromatic carbocycles. The van der Waals surface area contributed by atoms with Gasteiger partial charge in [0.05, 0.1) is 6.61 Å². The summed E-state index contributed by atoms with van der Waals surface area (Å²) in [6, 6.07) is 10.4. The van der Waals surface area contributed by atoms with Gasteiger partial charge in [-0.3, -0.25) is 19.2 Å². The first-order chi connectivity index (χ1) is 17.3. The number of hydrogen-bond donors (Lipinski definition) is 7. The number of thiol groups is 1. The topological polar surface area (TPSA) is 163 Å². The van der Waals surface area contributed by atoms with Crippen molar-refractivity contribution in [2.75, 3.05) is 18.9 Å². The highest BCUT2D eigenvalue weighted by Crippen LogP contribution is 2.18. The molecule has 0 saturated carbocycles. The predicted molar refractivity (Wildman–Crippen MR) is 141 cm³/mol. The largest absolute Gasteiger partial charge is 0.394 e. The van der Waals surface area contributed by atoms with Crippen LogP contribution in [0.5, 0.6) is 0 Å². The van der Waals surface area contributed by atoms with E-state index in [9.17, 15) is 24.3 Å². The summed E-state index contributed by atoms with van der Waals surface area (Å²) in [7, 11) is 0. The van der Waals surface area contributed by atoms with Gasteiger partial charge in [-0.2, -0.15) is 12.6 Å². The van der Waals surface area contributed by atoms with Crippen LogP contribution in [0.3, 0.4) is 0 Å². The molecule has 0 aromatic heterocycles. The van der Waals surface area contributed by atoms with Gasteiger partial charge in [0.15, 0.2) is 0 Å². The lowest BCUT2D eigenvalue weighted by Crippen LogP contribution is -2.58. The number of aliphatic hydroxyl groups excluding tert-OH is 1. The first-order valence-corrected chi connectivity index (χ1v) is 12.5. The van der Waals surface area contributed by atoms with Crippen molar-refractivity contribution in [1.82, 2.24) is 21.3 Å². The molecular weight excluding hydrogens is 482 g/mol. The van der Waals surface area contributed by atoms with Crippen LogP contribution in [0.1, 0.15) is 31.7 Å². The Labute approximate surface area is 216 Å². The lowest BCUT2D eigenvalue weighted by Gasteiger charge is -2.24. The van der Waals surface area contributed by atoms with Gasteiger partial charge in [-0.25, -0.2) is 0 Å². The van der Waals surface area contributed by atoms with Gasteiger partial charge in [0.1, 0.15) is 18.1 Å². The molecule has 4 amide bonds. The Morgan fingerprint density at radius 1 is 0.889 bits per heavy atom. The molecule has 36 heavy (non-hydrogen) atoms. The maximum atomic E-state index is 12.8. The van der Waals surface area contributed by atoms with Crippen molar-refractivity contribution in [3.8, 4) is 0 Å². The standard InChI is InChI=1S/C25H35N5O5S/c1-16(32)28-20(11-4-5-12-26)24(34)30-22(15-36)25(35)29-21(14-31)23(33)27-13-18-9-6-8-17-7-2-3-10-19(17)18/h2-3,6-10,20-22,31,36H,4-5,11-15,26H2,1H3,(H,27,33)(H,28,32)(H,29,35)(H,30,34)/t20-,21-,22?/m0/s1. The van der Waals surface area contributed by atoms with E-state index in [1.54, 1.807) is 0 Å². The van der Waals surface area contributed by atoms with Crippen LogP contribution in [0, 0.1) is 0 Å². The molecule has 0 heterocycles. The molecular formula is C25H35N5O5S. The summed E-state index contributed by atoms with van der Waals surface area (Å²) in [6.07, 6.45) is 1.67. The normalized spacial score (nSPS) is 13.3. The molecule has 2 aromatic rings. The molecule has 0 fully saturated rings. The van der Waals surface area contributed by atoms with E-state index in [4.69, 9.17) is 5.73 Å². The molecule has 0 saturated heterocycles. The Bertz CT molecular complexity index is 1050. The highest BCUT2D eigenvalue weighted by Gasteiger charge is 2.28. The summed E-state index contributed by atoms with van der Waals surface area (Å²) < 4.78 is 0. The zero-order valence-corrected chi connectivity index (χ0v) is 21.2. The summed E-state index contributed by atoms with van der Waals surface area (Å²) in [5, 5.41) is 22.1. The second-order valence-electron chi connectivity index (χ2n) is 8.38. The fraction of sp³-hybridized carbons (Fsp3) is 0.440. The Balaban J connectivity index is 1.97. The van der Waals surface area contributed by atoms with E-state index in [0.717, 1.165) is 16.3 Å². The lowest BCUT2D eigenvalue weighted by molar-refractivity contribution is -0.133. The number of nitrogens with one attached hydrogen (secondary N) is 4. The smallest absolute Gasteiger partial charge is 0.245 e. The van der Waals surface area contributed by atoms with Crippen molar-refractivity contribution in [2.24, 2.45) is 5.73 Å². The molecule has 1 unspecified atom stereocenters. The average molecular weight is 518 g/mol. The van der Waals surface area contributed by atoms with Crippen LogP contribution in [0.15, 0.2) is 42.5 Å². The highest BCUT2D eigenvalue weighted by atomic mass is 32.1. The number of carbonyl (C=O) groups is 4. The minimum atomic E-state index is -1.22. The molecule has 0 aliphatic heterocycles. The van der Waals surface area contributed by atoms with Crippen molar-refractivity contribution in [1.29, 1.82) is 0 Å². The molecule has 3 atom stereocenters. The third-order valence-corrected chi connectivity index (χ3v) is 5.97. The second-order valence-corrected chi connectivity index (χ2v) is 8.75. The Morgan fingerprint density at radius 3 is 2.22 bits per heavy atom. The van der Waals surface area contributed by atoms with Crippen molar-refractivity contribution in [3.05, 3.63) is 48.0 Å². The molecule has 0 spiro atoms. The third-order valence-electron chi connectivity index (χ3n) is 5.61. The SMILES string of the molecule is CC(=O)N[C@@H](CCCCN)C(=O)NC(CS)C(=O)N[C@@H](CO)C(=O)NCc1cccc2ccccc12. The molecule has 7 N–H and O–H groups in total. The number of unbranched alkanes of at least 4 members (excludes halogenated alkanes) is 1. The molecule has 196 valence electrons. The van der Waals surface area contributed by atoms with Crippen LogP contribution in [-0.4, -0.2) is 65.8 Å². The van der Waals surface area contributed by atoms with Gasteiger partial charge < -0.3 is 32.1 Å². The van der Waals surface area contributed by atoms with Crippen LogP contribution in [-0.2, 0) is 25.7 Å². The number of amides is 4.